The van der Waals surface area contributed by atoms with Gasteiger partial charge in [-0.15, -0.1) is 0 Å². The third kappa shape index (κ3) is 3.57. The zero-order valence-electron chi connectivity index (χ0n) is 10.3. The Balaban J connectivity index is 1.90. The van der Waals surface area contributed by atoms with Crippen molar-refractivity contribution in [1.82, 2.24) is 10.2 Å². The first-order valence-corrected chi connectivity index (χ1v) is 7.34. The topological polar surface area (TPSA) is 15.3 Å². The fraction of sp³-hybridized carbons (Fsp3) is 0.846. The summed E-state index contributed by atoms with van der Waals surface area (Å²) in [6.07, 6.45) is 5.27. The number of hydrogen-bond donors (Lipinski definition) is 1. The lowest BCUT2D eigenvalue weighted by Crippen LogP contribution is -2.44. The Morgan fingerprint density at radius 1 is 1.25 bits per heavy atom. The molecule has 16 heavy (non-hydrogen) atoms. The molecular weight excluding hydrogens is 264 g/mol. The van der Waals surface area contributed by atoms with Gasteiger partial charge in [0.2, 0.25) is 0 Å². The SMILES string of the molecule is CC1CCC(Br)=C(CN2CCNCC2)CC1. The van der Waals surface area contributed by atoms with Gasteiger partial charge in [-0.05, 0) is 41.7 Å². The fourth-order valence-electron chi connectivity index (χ4n) is 2.55. The molecular formula is C13H23BrN2. The van der Waals surface area contributed by atoms with Gasteiger partial charge in [0.1, 0.15) is 0 Å². The molecule has 1 aliphatic heterocycles. The molecule has 0 saturated carbocycles. The van der Waals surface area contributed by atoms with Crippen molar-refractivity contribution in [2.24, 2.45) is 5.92 Å². The molecule has 2 nitrogen and oxygen atoms in total. The van der Waals surface area contributed by atoms with Crippen LogP contribution in [0.5, 0.6) is 0 Å². The maximum atomic E-state index is 3.80. The molecule has 92 valence electrons. The van der Waals surface area contributed by atoms with Crippen LogP contribution in [0.3, 0.4) is 0 Å². The highest BCUT2D eigenvalue weighted by Gasteiger charge is 2.17. The highest BCUT2D eigenvalue weighted by Crippen LogP contribution is 2.31. The maximum absolute atomic E-state index is 3.80. The first kappa shape index (κ1) is 12.6. The minimum Gasteiger partial charge on any atom is -0.314 e. The van der Waals surface area contributed by atoms with E-state index in [0.29, 0.717) is 0 Å². The van der Waals surface area contributed by atoms with Crippen molar-refractivity contribution in [3.05, 3.63) is 10.1 Å². The number of nitrogens with one attached hydrogen (secondary N) is 1. The van der Waals surface area contributed by atoms with Crippen LogP contribution in [0, 0.1) is 5.92 Å². The summed E-state index contributed by atoms with van der Waals surface area (Å²) in [5.74, 6) is 0.896. The van der Waals surface area contributed by atoms with Crippen molar-refractivity contribution >= 4 is 15.9 Å². The Hall–Kier alpha value is 0.140. The zero-order chi connectivity index (χ0) is 11.4. The van der Waals surface area contributed by atoms with Gasteiger partial charge in [-0.3, -0.25) is 4.90 Å². The molecule has 0 bridgehead atoms. The monoisotopic (exact) mass is 286 g/mol. The van der Waals surface area contributed by atoms with Crippen molar-refractivity contribution in [2.45, 2.75) is 32.6 Å². The van der Waals surface area contributed by atoms with Crippen LogP contribution in [0.1, 0.15) is 32.6 Å². The molecule has 0 aromatic heterocycles. The summed E-state index contributed by atoms with van der Waals surface area (Å²) in [4.78, 5) is 2.59. The van der Waals surface area contributed by atoms with Crippen LogP contribution in [-0.2, 0) is 0 Å². The number of nitrogens with zero attached hydrogens (tertiary/aromatic N) is 1. The van der Waals surface area contributed by atoms with Crippen LogP contribution in [0.4, 0.5) is 0 Å². The Morgan fingerprint density at radius 2 is 1.94 bits per heavy atom. The molecule has 0 amide bonds. The number of allylic oxidation sites excluding steroid dienone is 1. The summed E-state index contributed by atoms with van der Waals surface area (Å²) in [5.41, 5.74) is 1.66. The maximum Gasteiger partial charge on any atom is 0.0204 e. The Labute approximate surface area is 108 Å². The Bertz CT molecular complexity index is 257. The van der Waals surface area contributed by atoms with E-state index in [-0.39, 0.29) is 0 Å². The molecule has 1 fully saturated rings. The molecule has 3 heteroatoms. The summed E-state index contributed by atoms with van der Waals surface area (Å²) >= 11 is 3.80. The highest BCUT2D eigenvalue weighted by molar-refractivity contribution is 9.11. The predicted molar refractivity (Wildman–Crippen MR) is 72.9 cm³/mol. The van der Waals surface area contributed by atoms with Gasteiger partial charge in [0.25, 0.3) is 0 Å². The van der Waals surface area contributed by atoms with Gasteiger partial charge in [-0.25, -0.2) is 0 Å². The number of halogens is 1. The summed E-state index contributed by atoms with van der Waals surface area (Å²) in [6, 6.07) is 0. The van der Waals surface area contributed by atoms with E-state index in [1.54, 1.807) is 5.57 Å². The summed E-state index contributed by atoms with van der Waals surface area (Å²) in [7, 11) is 0. The standard InChI is InChI=1S/C13H23BrN2/c1-11-2-4-12(13(14)5-3-11)10-16-8-6-15-7-9-16/h11,15H,2-10H2,1H3. The molecule has 1 unspecified atom stereocenters. The lowest BCUT2D eigenvalue weighted by Gasteiger charge is -2.28. The lowest BCUT2D eigenvalue weighted by atomic mass is 10.0. The van der Waals surface area contributed by atoms with E-state index in [2.05, 4.69) is 33.1 Å². The van der Waals surface area contributed by atoms with Gasteiger partial charge in [-0.1, -0.05) is 22.9 Å². The van der Waals surface area contributed by atoms with Crippen LogP contribution in [0.25, 0.3) is 0 Å². The van der Waals surface area contributed by atoms with Crippen molar-refractivity contribution in [2.75, 3.05) is 32.7 Å². The van der Waals surface area contributed by atoms with E-state index >= 15 is 0 Å². The first-order valence-electron chi connectivity index (χ1n) is 6.55. The van der Waals surface area contributed by atoms with E-state index in [0.717, 1.165) is 19.0 Å². The molecule has 0 aromatic carbocycles. The van der Waals surface area contributed by atoms with Gasteiger partial charge in [0.05, 0.1) is 0 Å². The zero-order valence-corrected chi connectivity index (χ0v) is 11.9. The molecule has 2 rings (SSSR count). The second kappa shape index (κ2) is 6.18. The van der Waals surface area contributed by atoms with Crippen molar-refractivity contribution in [1.29, 1.82) is 0 Å². The van der Waals surface area contributed by atoms with Crippen LogP contribution >= 0.6 is 15.9 Å². The number of piperazine rings is 1. The predicted octanol–water partition coefficient (Wildman–Crippen LogP) is 2.75. The van der Waals surface area contributed by atoms with Gasteiger partial charge in [0, 0.05) is 32.7 Å². The second-order valence-corrected chi connectivity index (χ2v) is 6.17. The molecule has 1 aliphatic carbocycles. The molecule has 1 atom stereocenters. The molecule has 2 aliphatic rings. The lowest BCUT2D eigenvalue weighted by molar-refractivity contribution is 0.257. The summed E-state index contributed by atoms with van der Waals surface area (Å²) in [5, 5.41) is 3.41. The van der Waals surface area contributed by atoms with Crippen LogP contribution in [0.2, 0.25) is 0 Å². The molecule has 0 spiro atoms. The van der Waals surface area contributed by atoms with E-state index in [1.165, 1.54) is 49.8 Å². The highest BCUT2D eigenvalue weighted by atomic mass is 79.9. The van der Waals surface area contributed by atoms with Crippen LogP contribution in [-0.4, -0.2) is 37.6 Å². The van der Waals surface area contributed by atoms with Crippen molar-refractivity contribution in [3.63, 3.8) is 0 Å². The largest absolute Gasteiger partial charge is 0.314 e. The van der Waals surface area contributed by atoms with Gasteiger partial charge < -0.3 is 5.32 Å². The van der Waals surface area contributed by atoms with E-state index in [4.69, 9.17) is 0 Å². The van der Waals surface area contributed by atoms with Crippen molar-refractivity contribution < 1.29 is 0 Å². The van der Waals surface area contributed by atoms with Gasteiger partial charge in [-0.2, -0.15) is 0 Å². The minimum absolute atomic E-state index is 0.896. The minimum atomic E-state index is 0.896. The fourth-order valence-corrected chi connectivity index (χ4v) is 3.11. The van der Waals surface area contributed by atoms with E-state index in [1.807, 2.05) is 0 Å². The van der Waals surface area contributed by atoms with Crippen molar-refractivity contribution in [3.8, 4) is 0 Å². The average Bonchev–Trinajstić information content (AvgIpc) is 2.46. The van der Waals surface area contributed by atoms with Gasteiger partial charge in [0.15, 0.2) is 0 Å². The van der Waals surface area contributed by atoms with E-state index < -0.39 is 0 Å². The van der Waals surface area contributed by atoms with Gasteiger partial charge >= 0.3 is 0 Å². The first-order chi connectivity index (χ1) is 7.75. The van der Waals surface area contributed by atoms with Crippen LogP contribution < -0.4 is 5.32 Å². The molecule has 1 saturated heterocycles. The molecule has 0 aromatic rings. The van der Waals surface area contributed by atoms with E-state index in [9.17, 15) is 0 Å². The summed E-state index contributed by atoms with van der Waals surface area (Å²) < 4.78 is 1.50. The molecule has 1 heterocycles. The quantitative estimate of drug-likeness (QED) is 0.840. The number of rotatable bonds is 2. The Morgan fingerprint density at radius 3 is 2.69 bits per heavy atom. The smallest absolute Gasteiger partial charge is 0.0204 e. The second-order valence-electron chi connectivity index (χ2n) is 5.22. The van der Waals surface area contributed by atoms with Crippen LogP contribution in [0.15, 0.2) is 10.1 Å². The molecule has 1 N–H and O–H groups in total. The third-order valence-electron chi connectivity index (χ3n) is 3.80. The third-order valence-corrected chi connectivity index (χ3v) is 4.76. The Kier molecular flexibility index (Phi) is 4.86. The normalized spacial score (nSPS) is 29.2. The average molecular weight is 287 g/mol. The number of hydrogen-bond acceptors (Lipinski definition) is 2. The summed E-state index contributed by atoms with van der Waals surface area (Å²) in [6.45, 7) is 8.30. The molecule has 0 radical (unpaired) electrons.